The average molecular weight is 231 g/mol. The molecule has 2 saturated heterocycles. The first kappa shape index (κ1) is 15.0. The Kier molecular flexibility index (Phi) is 6.60. The monoisotopic (exact) mass is 231 g/mol. The summed E-state index contributed by atoms with van der Waals surface area (Å²) < 4.78 is 10.2. The molecule has 0 aromatic rings. The molecule has 0 unspecified atom stereocenters. The predicted molar refractivity (Wildman–Crippen MR) is 41.9 cm³/mol. The van der Waals surface area contributed by atoms with Gasteiger partial charge in [-0.25, -0.2) is 0 Å². The Morgan fingerprint density at radius 3 is 1.60 bits per heavy atom. The summed E-state index contributed by atoms with van der Waals surface area (Å²) in [6.07, 6.45) is -1.70. The van der Waals surface area contributed by atoms with E-state index in [2.05, 4.69) is 0 Å². The van der Waals surface area contributed by atoms with Gasteiger partial charge in [-0.05, 0) is 0 Å². The third-order valence-corrected chi connectivity index (χ3v) is 2.00. The molecule has 8 nitrogen and oxygen atoms in total. The van der Waals surface area contributed by atoms with Crippen LogP contribution in [0.15, 0.2) is 0 Å². The first-order chi connectivity index (χ1) is 6.52. The van der Waals surface area contributed by atoms with Crippen LogP contribution in [0.3, 0.4) is 0 Å². The molecule has 82 valence electrons. The maximum Gasteiger partial charge on any atom is 1.00 e. The minimum absolute atomic E-state index is 0. The van der Waals surface area contributed by atoms with Crippen LogP contribution in [0.2, 0.25) is 0 Å². The molecule has 0 saturated carbocycles. The van der Waals surface area contributed by atoms with Crippen molar-refractivity contribution in [3.63, 3.8) is 0 Å². The summed E-state index contributed by atoms with van der Waals surface area (Å²) >= 11 is 0. The van der Waals surface area contributed by atoms with E-state index in [4.69, 9.17) is 35.0 Å². The van der Waals surface area contributed by atoms with Crippen molar-refractivity contribution < 1.29 is 54.3 Å². The molecule has 0 spiro atoms. The standard InChI is InChI=1S/C6H10O4.NO3.Na/c7-3-1-9-6-4(8)2-10-5(3)6;2-1(3)4;/h3-8H,1-2H2;;/q;-1;+1/t3-,4+,5-,6-;;/m1../s1. The van der Waals surface area contributed by atoms with Gasteiger partial charge in [-0.3, -0.25) is 0 Å². The van der Waals surface area contributed by atoms with Crippen LogP contribution >= 0.6 is 0 Å². The van der Waals surface area contributed by atoms with E-state index in [0.717, 1.165) is 0 Å². The Balaban J connectivity index is 0.000000346. The molecule has 9 heteroatoms. The van der Waals surface area contributed by atoms with E-state index in [1.165, 1.54) is 0 Å². The van der Waals surface area contributed by atoms with E-state index in [1.807, 2.05) is 0 Å². The summed E-state index contributed by atoms with van der Waals surface area (Å²) in [6, 6.07) is 0. The molecule has 0 aromatic heterocycles. The number of hydrogen-bond donors (Lipinski definition) is 2. The van der Waals surface area contributed by atoms with Gasteiger partial charge in [0.05, 0.1) is 18.3 Å². The maximum atomic E-state index is 9.16. The molecular weight excluding hydrogens is 221 g/mol. The van der Waals surface area contributed by atoms with Crippen molar-refractivity contribution in [3.8, 4) is 0 Å². The fraction of sp³-hybridized carbons (Fsp3) is 1.00. The number of ether oxygens (including phenoxy) is 2. The maximum absolute atomic E-state index is 9.16. The summed E-state index contributed by atoms with van der Waals surface area (Å²) in [6.45, 7) is 0.568. The molecule has 2 N–H and O–H groups in total. The van der Waals surface area contributed by atoms with Gasteiger partial charge < -0.3 is 35.0 Å². The van der Waals surface area contributed by atoms with Crippen molar-refractivity contribution in [1.29, 1.82) is 0 Å². The first-order valence-corrected chi connectivity index (χ1v) is 3.93. The number of aliphatic hydroxyl groups is 2. The van der Waals surface area contributed by atoms with Gasteiger partial charge in [-0.1, -0.05) is 0 Å². The quantitative estimate of drug-likeness (QED) is 0.243. The molecule has 15 heavy (non-hydrogen) atoms. The van der Waals surface area contributed by atoms with Crippen molar-refractivity contribution >= 4 is 0 Å². The number of aliphatic hydroxyl groups excluding tert-OH is 2. The van der Waals surface area contributed by atoms with Gasteiger partial charge in [0.15, 0.2) is 0 Å². The second-order valence-corrected chi connectivity index (χ2v) is 2.95. The molecule has 0 aliphatic carbocycles. The first-order valence-electron chi connectivity index (χ1n) is 3.93. The molecule has 2 rings (SSSR count). The zero-order valence-corrected chi connectivity index (χ0v) is 10.1. The van der Waals surface area contributed by atoms with E-state index in [-0.39, 0.29) is 55.0 Å². The predicted octanol–water partition coefficient (Wildman–Crippen LogP) is -4.73. The summed E-state index contributed by atoms with van der Waals surface area (Å²) in [5.74, 6) is 0. The Bertz CT molecular complexity index is 196. The third kappa shape index (κ3) is 4.19. The van der Waals surface area contributed by atoms with Crippen molar-refractivity contribution in [2.75, 3.05) is 13.2 Å². The van der Waals surface area contributed by atoms with Crippen molar-refractivity contribution in [1.82, 2.24) is 0 Å². The number of fused-ring (bicyclic) bond motifs is 1. The zero-order valence-electron chi connectivity index (χ0n) is 8.11. The van der Waals surface area contributed by atoms with Crippen molar-refractivity contribution in [2.24, 2.45) is 0 Å². The van der Waals surface area contributed by atoms with E-state index < -0.39 is 17.3 Å². The molecule has 2 fully saturated rings. The van der Waals surface area contributed by atoms with E-state index in [9.17, 15) is 0 Å². The number of nitrogens with zero attached hydrogens (tertiary/aromatic N) is 1. The average Bonchev–Trinajstić information content (AvgIpc) is 2.57. The summed E-state index contributed by atoms with van der Waals surface area (Å²) in [5, 5.41) is 33.1. The van der Waals surface area contributed by atoms with Crippen molar-refractivity contribution in [2.45, 2.75) is 24.4 Å². The molecule has 0 aromatic carbocycles. The topological polar surface area (TPSA) is 125 Å². The Morgan fingerprint density at radius 1 is 1.07 bits per heavy atom. The molecule has 0 bridgehead atoms. The fourth-order valence-corrected chi connectivity index (χ4v) is 1.46. The Morgan fingerprint density at radius 2 is 1.33 bits per heavy atom. The summed E-state index contributed by atoms with van der Waals surface area (Å²) in [7, 11) is 0. The van der Waals surface area contributed by atoms with Crippen LogP contribution in [0.4, 0.5) is 0 Å². The zero-order chi connectivity index (χ0) is 10.7. The minimum atomic E-state index is -1.75. The van der Waals surface area contributed by atoms with E-state index >= 15 is 0 Å². The smallest absolute Gasteiger partial charge is 0.388 e. The van der Waals surface area contributed by atoms with E-state index in [0.29, 0.717) is 0 Å². The van der Waals surface area contributed by atoms with Gasteiger partial charge in [0.2, 0.25) is 0 Å². The van der Waals surface area contributed by atoms with Gasteiger partial charge in [0.25, 0.3) is 0 Å². The van der Waals surface area contributed by atoms with Gasteiger partial charge in [0.1, 0.15) is 24.4 Å². The van der Waals surface area contributed by atoms with Crippen LogP contribution in [0.5, 0.6) is 0 Å². The second kappa shape index (κ2) is 6.59. The molecule has 2 heterocycles. The van der Waals surface area contributed by atoms with Gasteiger partial charge in [0, 0.05) is 0 Å². The van der Waals surface area contributed by atoms with Crippen LogP contribution in [0, 0.1) is 15.3 Å². The van der Waals surface area contributed by atoms with Crippen LogP contribution in [-0.4, -0.2) is 52.9 Å². The molecule has 2 aliphatic rings. The SMILES string of the molecule is O=[N+]([O-])[O-].O[C@@H]1CO[C@H]2[C@@H]1OC[C@@H]2O.[Na+]. The number of rotatable bonds is 0. The Labute approximate surface area is 107 Å². The van der Waals surface area contributed by atoms with Crippen LogP contribution in [0.25, 0.3) is 0 Å². The largest absolute Gasteiger partial charge is 1.00 e. The molecular formula is C6H10NNaO7. The second-order valence-electron chi connectivity index (χ2n) is 2.95. The van der Waals surface area contributed by atoms with Crippen LogP contribution < -0.4 is 29.6 Å². The Hall–Kier alpha value is 0.0400. The van der Waals surface area contributed by atoms with Gasteiger partial charge in [-0.15, -0.1) is 0 Å². The molecule has 0 amide bonds. The number of hydrogen-bond acceptors (Lipinski definition) is 7. The van der Waals surface area contributed by atoms with Gasteiger partial charge >= 0.3 is 29.6 Å². The molecule has 0 radical (unpaired) electrons. The molecule has 2 aliphatic heterocycles. The van der Waals surface area contributed by atoms with E-state index in [1.54, 1.807) is 0 Å². The third-order valence-electron chi connectivity index (χ3n) is 2.00. The van der Waals surface area contributed by atoms with Gasteiger partial charge in [-0.2, -0.15) is 0 Å². The summed E-state index contributed by atoms with van der Waals surface area (Å²) in [4.78, 5) is 8.25. The van der Waals surface area contributed by atoms with Crippen LogP contribution in [-0.2, 0) is 9.47 Å². The van der Waals surface area contributed by atoms with Crippen LogP contribution in [0.1, 0.15) is 0 Å². The molecule has 4 atom stereocenters. The fourth-order valence-electron chi connectivity index (χ4n) is 1.46. The summed E-state index contributed by atoms with van der Waals surface area (Å²) in [5.41, 5.74) is 0. The van der Waals surface area contributed by atoms with Crippen molar-refractivity contribution in [3.05, 3.63) is 15.3 Å². The normalized spacial score (nSPS) is 37.2. The minimum Gasteiger partial charge on any atom is -0.388 e.